The first kappa shape index (κ1) is 8.99. The second-order valence-corrected chi connectivity index (χ2v) is 3.43. The topological polar surface area (TPSA) is 50.7 Å². The van der Waals surface area contributed by atoms with Crippen LogP contribution < -0.4 is 5.69 Å². The van der Waals surface area contributed by atoms with E-state index in [2.05, 4.69) is 16.9 Å². The van der Waals surface area contributed by atoms with Gasteiger partial charge in [0.2, 0.25) is 0 Å². The average molecular weight is 193 g/mol. The lowest BCUT2D eigenvalue weighted by Gasteiger charge is -2.08. The number of fused-ring (bicyclic) bond motifs is 1. The first-order valence-corrected chi connectivity index (χ1v) is 4.79. The molecule has 0 aliphatic rings. The Morgan fingerprint density at radius 3 is 3.21 bits per heavy atom. The summed E-state index contributed by atoms with van der Waals surface area (Å²) in [5, 5.41) is 0. The molecule has 0 aromatic carbocycles. The standard InChI is InChI=1S/C10H13N3O.H2/c1-3-7(2)13-9-8(12-10(13)14)5-4-6-11-9;/h4-7H,3H2,1-2H3,(H,12,14);1H. The van der Waals surface area contributed by atoms with Crippen LogP contribution in [0.15, 0.2) is 23.1 Å². The summed E-state index contributed by atoms with van der Waals surface area (Å²) in [4.78, 5) is 18.6. The van der Waals surface area contributed by atoms with Gasteiger partial charge in [-0.25, -0.2) is 9.78 Å². The van der Waals surface area contributed by atoms with Crippen LogP contribution in [0.1, 0.15) is 27.7 Å². The van der Waals surface area contributed by atoms with Crippen LogP contribution in [-0.4, -0.2) is 14.5 Å². The van der Waals surface area contributed by atoms with Crippen molar-refractivity contribution in [1.82, 2.24) is 14.5 Å². The van der Waals surface area contributed by atoms with E-state index >= 15 is 0 Å². The average Bonchev–Trinajstić information content (AvgIpc) is 2.53. The van der Waals surface area contributed by atoms with Crippen molar-refractivity contribution in [2.75, 3.05) is 0 Å². The third-order valence-electron chi connectivity index (χ3n) is 2.51. The molecule has 14 heavy (non-hydrogen) atoms. The SMILES string of the molecule is CCC(C)n1c(=O)[nH]c2cccnc21.[HH]. The van der Waals surface area contributed by atoms with Crippen molar-refractivity contribution in [2.45, 2.75) is 26.3 Å². The first-order valence-electron chi connectivity index (χ1n) is 4.79. The fourth-order valence-electron chi connectivity index (χ4n) is 1.55. The van der Waals surface area contributed by atoms with Crippen molar-refractivity contribution in [3.8, 4) is 0 Å². The Morgan fingerprint density at radius 2 is 2.50 bits per heavy atom. The van der Waals surface area contributed by atoms with Crippen molar-refractivity contribution < 1.29 is 1.43 Å². The lowest BCUT2D eigenvalue weighted by Crippen LogP contribution is -2.20. The van der Waals surface area contributed by atoms with Crippen molar-refractivity contribution in [1.29, 1.82) is 0 Å². The molecule has 0 aliphatic carbocycles. The Labute approximate surface area is 83.1 Å². The Hall–Kier alpha value is -1.58. The number of H-pyrrole nitrogens is 1. The van der Waals surface area contributed by atoms with Crippen LogP contribution in [0.3, 0.4) is 0 Å². The molecule has 1 N–H and O–H groups in total. The lowest BCUT2D eigenvalue weighted by atomic mass is 10.2. The highest BCUT2D eigenvalue weighted by Crippen LogP contribution is 2.13. The van der Waals surface area contributed by atoms with Crippen LogP contribution in [0.4, 0.5) is 0 Å². The molecule has 4 nitrogen and oxygen atoms in total. The highest BCUT2D eigenvalue weighted by molar-refractivity contribution is 5.70. The molecular weight excluding hydrogens is 178 g/mol. The van der Waals surface area contributed by atoms with Gasteiger partial charge in [-0.2, -0.15) is 0 Å². The van der Waals surface area contributed by atoms with Gasteiger partial charge in [-0.05, 0) is 25.5 Å². The molecule has 0 aliphatic heterocycles. The van der Waals surface area contributed by atoms with E-state index in [4.69, 9.17) is 0 Å². The largest absolute Gasteiger partial charge is 0.327 e. The Balaban J connectivity index is 0.00000112. The zero-order valence-electron chi connectivity index (χ0n) is 8.32. The fraction of sp³-hybridized carbons (Fsp3) is 0.400. The Morgan fingerprint density at radius 1 is 1.71 bits per heavy atom. The molecule has 0 saturated carbocycles. The van der Waals surface area contributed by atoms with Crippen LogP contribution in [-0.2, 0) is 0 Å². The maximum absolute atomic E-state index is 11.6. The van der Waals surface area contributed by atoms with Crippen LogP contribution >= 0.6 is 0 Å². The molecule has 0 spiro atoms. The van der Waals surface area contributed by atoms with Gasteiger partial charge in [-0.15, -0.1) is 0 Å². The van der Waals surface area contributed by atoms with Crippen molar-refractivity contribution in [3.63, 3.8) is 0 Å². The molecule has 0 amide bonds. The summed E-state index contributed by atoms with van der Waals surface area (Å²) in [5.74, 6) is 0. The number of nitrogens with one attached hydrogen (secondary N) is 1. The van der Waals surface area contributed by atoms with Gasteiger partial charge < -0.3 is 4.98 Å². The number of hydrogen-bond donors (Lipinski definition) is 1. The summed E-state index contributed by atoms with van der Waals surface area (Å²) in [7, 11) is 0. The van der Waals surface area contributed by atoms with Gasteiger partial charge in [-0.3, -0.25) is 4.57 Å². The molecular formula is C10H15N3O. The molecule has 0 fully saturated rings. The third-order valence-corrected chi connectivity index (χ3v) is 2.51. The molecule has 0 bridgehead atoms. The number of aromatic amines is 1. The van der Waals surface area contributed by atoms with E-state index in [0.717, 1.165) is 17.6 Å². The van der Waals surface area contributed by atoms with E-state index in [9.17, 15) is 4.79 Å². The highest BCUT2D eigenvalue weighted by Gasteiger charge is 2.11. The zero-order chi connectivity index (χ0) is 10.1. The number of imidazole rings is 1. The Bertz CT molecular complexity index is 503. The summed E-state index contributed by atoms with van der Waals surface area (Å²) in [5.41, 5.74) is 1.47. The van der Waals surface area contributed by atoms with Gasteiger partial charge in [-0.1, -0.05) is 6.92 Å². The predicted octanol–water partition coefficient (Wildman–Crippen LogP) is 1.94. The van der Waals surface area contributed by atoms with E-state index in [0.29, 0.717) is 0 Å². The van der Waals surface area contributed by atoms with Gasteiger partial charge in [0.15, 0.2) is 5.65 Å². The Kier molecular flexibility index (Phi) is 2.11. The van der Waals surface area contributed by atoms with Crippen molar-refractivity contribution in [2.24, 2.45) is 0 Å². The normalized spacial score (nSPS) is 13.3. The van der Waals surface area contributed by atoms with E-state index < -0.39 is 0 Å². The quantitative estimate of drug-likeness (QED) is 0.792. The second-order valence-electron chi connectivity index (χ2n) is 3.43. The van der Waals surface area contributed by atoms with Gasteiger partial charge in [0, 0.05) is 13.7 Å². The van der Waals surface area contributed by atoms with Crippen LogP contribution in [0.25, 0.3) is 11.2 Å². The minimum atomic E-state index is -0.0759. The van der Waals surface area contributed by atoms with Gasteiger partial charge in [0.25, 0.3) is 0 Å². The minimum absolute atomic E-state index is 0. The van der Waals surface area contributed by atoms with E-state index in [1.807, 2.05) is 19.1 Å². The van der Waals surface area contributed by atoms with Crippen molar-refractivity contribution in [3.05, 3.63) is 28.8 Å². The number of aromatic nitrogens is 3. The molecule has 2 aromatic rings. The van der Waals surface area contributed by atoms with Crippen molar-refractivity contribution >= 4 is 11.2 Å². The third kappa shape index (κ3) is 1.23. The monoisotopic (exact) mass is 193 g/mol. The summed E-state index contributed by atoms with van der Waals surface area (Å²) < 4.78 is 1.70. The predicted molar refractivity (Wildman–Crippen MR) is 57.5 cm³/mol. The van der Waals surface area contributed by atoms with Gasteiger partial charge in [0.05, 0.1) is 5.52 Å². The molecule has 0 radical (unpaired) electrons. The minimum Gasteiger partial charge on any atom is -0.304 e. The summed E-state index contributed by atoms with van der Waals surface area (Å²) in [6.07, 6.45) is 2.62. The molecule has 4 heteroatoms. The number of rotatable bonds is 2. The van der Waals surface area contributed by atoms with Crippen LogP contribution in [0.5, 0.6) is 0 Å². The molecule has 2 rings (SSSR count). The second kappa shape index (κ2) is 3.29. The molecule has 2 heterocycles. The molecule has 76 valence electrons. The molecule has 2 aromatic heterocycles. The van der Waals surface area contributed by atoms with Crippen LogP contribution in [0.2, 0.25) is 0 Å². The first-order chi connectivity index (χ1) is 6.74. The number of pyridine rings is 1. The van der Waals surface area contributed by atoms with E-state index in [-0.39, 0.29) is 13.2 Å². The van der Waals surface area contributed by atoms with E-state index in [1.54, 1.807) is 10.8 Å². The maximum Gasteiger partial charge on any atom is 0.327 e. The molecule has 1 atom stereocenters. The fourth-order valence-corrected chi connectivity index (χ4v) is 1.55. The molecule has 1 unspecified atom stereocenters. The van der Waals surface area contributed by atoms with E-state index in [1.165, 1.54) is 0 Å². The summed E-state index contributed by atoms with van der Waals surface area (Å²) >= 11 is 0. The van der Waals surface area contributed by atoms with Gasteiger partial charge >= 0.3 is 5.69 Å². The smallest absolute Gasteiger partial charge is 0.304 e. The number of hydrogen-bond acceptors (Lipinski definition) is 2. The van der Waals surface area contributed by atoms with Crippen LogP contribution in [0, 0.1) is 0 Å². The molecule has 0 saturated heterocycles. The summed E-state index contributed by atoms with van der Waals surface area (Å²) in [6.45, 7) is 4.07. The highest BCUT2D eigenvalue weighted by atomic mass is 16.1. The number of nitrogens with zero attached hydrogens (tertiary/aromatic N) is 2. The maximum atomic E-state index is 11.6. The zero-order valence-corrected chi connectivity index (χ0v) is 8.32. The summed E-state index contributed by atoms with van der Waals surface area (Å²) in [6, 6.07) is 3.87. The lowest BCUT2D eigenvalue weighted by molar-refractivity contribution is 0.526. The van der Waals surface area contributed by atoms with Gasteiger partial charge in [0.1, 0.15) is 0 Å².